The molecule has 0 aliphatic carbocycles. The van der Waals surface area contributed by atoms with Crippen LogP contribution in [0.4, 0.5) is 5.69 Å². The fourth-order valence-corrected chi connectivity index (χ4v) is 4.68. The van der Waals surface area contributed by atoms with Gasteiger partial charge in [-0.2, -0.15) is 0 Å². The summed E-state index contributed by atoms with van der Waals surface area (Å²) < 4.78 is 0. The van der Waals surface area contributed by atoms with E-state index in [4.69, 9.17) is 4.98 Å². The van der Waals surface area contributed by atoms with Crippen LogP contribution < -0.4 is 15.5 Å². The highest BCUT2D eigenvalue weighted by Crippen LogP contribution is 2.24. The predicted molar refractivity (Wildman–Crippen MR) is 136 cm³/mol. The second kappa shape index (κ2) is 11.7. The Bertz CT molecular complexity index is 798. The maximum atomic E-state index is 4.72. The third-order valence-corrected chi connectivity index (χ3v) is 6.39. The summed E-state index contributed by atoms with van der Waals surface area (Å²) >= 11 is 1.81. The van der Waals surface area contributed by atoms with Gasteiger partial charge >= 0.3 is 0 Å². The Labute approximate surface area is 196 Å². The average molecular weight is 528 g/mol. The van der Waals surface area contributed by atoms with E-state index in [1.807, 2.05) is 7.05 Å². The Balaban J connectivity index is 0.00000300. The molecule has 1 aromatic carbocycles. The highest BCUT2D eigenvalue weighted by Gasteiger charge is 2.14. The minimum atomic E-state index is 0. The highest BCUT2D eigenvalue weighted by molar-refractivity contribution is 14.0. The number of thiazole rings is 1. The molecule has 7 heteroatoms. The normalized spacial score (nSPS) is 15.2. The van der Waals surface area contributed by atoms with Crippen LogP contribution in [0.25, 0.3) is 0 Å². The Morgan fingerprint density at radius 1 is 1.31 bits per heavy atom. The average Bonchev–Trinajstić information content (AvgIpc) is 3.37. The van der Waals surface area contributed by atoms with Crippen molar-refractivity contribution in [3.05, 3.63) is 45.4 Å². The molecule has 1 fully saturated rings. The van der Waals surface area contributed by atoms with Crippen LogP contribution in [0.3, 0.4) is 0 Å². The molecule has 2 N–H and O–H groups in total. The number of hydrogen-bond donors (Lipinski definition) is 2. The lowest BCUT2D eigenvalue weighted by molar-refractivity contribution is 0.683. The molecule has 1 unspecified atom stereocenters. The minimum Gasteiger partial charge on any atom is -0.372 e. The second-order valence-electron chi connectivity index (χ2n) is 7.37. The lowest BCUT2D eigenvalue weighted by Gasteiger charge is -2.22. The fraction of sp³-hybridized carbons (Fsp3) is 0.545. The number of guanidine groups is 1. The number of anilines is 1. The van der Waals surface area contributed by atoms with Crippen molar-refractivity contribution in [2.45, 2.75) is 52.5 Å². The number of hydrogen-bond acceptors (Lipinski definition) is 4. The number of aryl methyl sites for hydroxylation is 2. The zero-order chi connectivity index (χ0) is 19.9. The van der Waals surface area contributed by atoms with Crippen LogP contribution in [0, 0.1) is 6.92 Å². The topological polar surface area (TPSA) is 52.6 Å². The van der Waals surface area contributed by atoms with Crippen molar-refractivity contribution >= 4 is 47.0 Å². The van der Waals surface area contributed by atoms with Crippen molar-refractivity contribution in [2.24, 2.45) is 4.99 Å². The summed E-state index contributed by atoms with van der Waals surface area (Å²) in [6, 6.07) is 9.07. The van der Waals surface area contributed by atoms with Crippen molar-refractivity contribution in [3.63, 3.8) is 0 Å². The molecule has 2 heterocycles. The summed E-state index contributed by atoms with van der Waals surface area (Å²) in [5, 5.41) is 8.15. The van der Waals surface area contributed by atoms with Crippen molar-refractivity contribution in [1.29, 1.82) is 0 Å². The number of aromatic nitrogens is 1. The van der Waals surface area contributed by atoms with Gasteiger partial charge in [0.2, 0.25) is 0 Å². The van der Waals surface area contributed by atoms with Gasteiger partial charge in [-0.25, -0.2) is 4.98 Å². The van der Waals surface area contributed by atoms with E-state index in [0.717, 1.165) is 25.3 Å². The van der Waals surface area contributed by atoms with Gasteiger partial charge in [0, 0.05) is 43.7 Å². The molecule has 3 rings (SSSR count). The van der Waals surface area contributed by atoms with Crippen molar-refractivity contribution < 1.29 is 0 Å². The van der Waals surface area contributed by atoms with E-state index < -0.39 is 0 Å². The van der Waals surface area contributed by atoms with Crippen molar-refractivity contribution in [2.75, 3.05) is 31.6 Å². The van der Waals surface area contributed by atoms with E-state index in [-0.39, 0.29) is 30.0 Å². The number of aliphatic imine (C=N–C) groups is 1. The first-order valence-electron chi connectivity index (χ1n) is 10.4. The third-order valence-electron chi connectivity index (χ3n) is 5.32. The van der Waals surface area contributed by atoms with Gasteiger partial charge in [0.05, 0.1) is 16.7 Å². The summed E-state index contributed by atoms with van der Waals surface area (Å²) in [5.41, 5.74) is 3.85. The lowest BCUT2D eigenvalue weighted by atomic mass is 10.1. The number of benzene rings is 1. The Kier molecular flexibility index (Phi) is 9.68. The Morgan fingerprint density at radius 3 is 2.72 bits per heavy atom. The second-order valence-corrected chi connectivity index (χ2v) is 8.66. The lowest BCUT2D eigenvalue weighted by Crippen LogP contribution is -2.39. The molecule has 1 saturated heterocycles. The van der Waals surface area contributed by atoms with Gasteiger partial charge in [0.25, 0.3) is 0 Å². The first-order valence-corrected chi connectivity index (χ1v) is 11.2. The number of nitrogens with zero attached hydrogens (tertiary/aromatic N) is 3. The fourth-order valence-electron chi connectivity index (χ4n) is 3.66. The monoisotopic (exact) mass is 527 g/mol. The molecule has 0 bridgehead atoms. The number of nitrogens with one attached hydrogen (secondary N) is 2. The smallest absolute Gasteiger partial charge is 0.191 e. The Hall–Kier alpha value is -1.35. The van der Waals surface area contributed by atoms with Crippen molar-refractivity contribution in [3.8, 4) is 0 Å². The quantitative estimate of drug-likeness (QED) is 0.312. The van der Waals surface area contributed by atoms with Crippen LogP contribution in [-0.4, -0.2) is 37.6 Å². The van der Waals surface area contributed by atoms with E-state index in [1.165, 1.54) is 52.8 Å². The van der Waals surface area contributed by atoms with Gasteiger partial charge in [-0.15, -0.1) is 35.3 Å². The molecule has 1 aliphatic rings. The summed E-state index contributed by atoms with van der Waals surface area (Å²) in [6.45, 7) is 9.68. The van der Waals surface area contributed by atoms with E-state index in [0.29, 0.717) is 0 Å². The van der Waals surface area contributed by atoms with E-state index in [1.54, 1.807) is 11.3 Å². The minimum absolute atomic E-state index is 0. The van der Waals surface area contributed by atoms with Gasteiger partial charge in [-0.1, -0.05) is 19.1 Å². The molecule has 0 radical (unpaired) electrons. The molecule has 29 heavy (non-hydrogen) atoms. The van der Waals surface area contributed by atoms with E-state index >= 15 is 0 Å². The third kappa shape index (κ3) is 6.57. The van der Waals surface area contributed by atoms with Crippen LogP contribution >= 0.6 is 35.3 Å². The molecule has 160 valence electrons. The summed E-state index contributed by atoms with van der Waals surface area (Å²) in [6.07, 6.45) is 4.53. The molecule has 5 nitrogen and oxygen atoms in total. The summed E-state index contributed by atoms with van der Waals surface area (Å²) in [5.74, 6) is 0.836. The van der Waals surface area contributed by atoms with Gasteiger partial charge < -0.3 is 15.5 Å². The zero-order valence-electron chi connectivity index (χ0n) is 18.0. The maximum absolute atomic E-state index is 4.72. The van der Waals surface area contributed by atoms with Crippen LogP contribution in [0.1, 0.15) is 53.9 Å². The predicted octanol–water partition coefficient (Wildman–Crippen LogP) is 4.70. The number of rotatable bonds is 7. The van der Waals surface area contributed by atoms with Crippen LogP contribution in [0.15, 0.2) is 29.3 Å². The van der Waals surface area contributed by atoms with Gasteiger partial charge in [0.1, 0.15) is 0 Å². The van der Waals surface area contributed by atoms with E-state index in [9.17, 15) is 0 Å². The van der Waals surface area contributed by atoms with Crippen LogP contribution in [0.5, 0.6) is 0 Å². The first-order chi connectivity index (χ1) is 13.6. The van der Waals surface area contributed by atoms with Gasteiger partial charge in [-0.3, -0.25) is 4.99 Å². The Morgan fingerprint density at radius 2 is 2.07 bits per heavy atom. The van der Waals surface area contributed by atoms with Crippen LogP contribution in [0.2, 0.25) is 0 Å². The maximum Gasteiger partial charge on any atom is 0.191 e. The summed E-state index contributed by atoms with van der Waals surface area (Å²) in [7, 11) is 1.82. The number of halogens is 1. The highest BCUT2D eigenvalue weighted by atomic mass is 127. The zero-order valence-corrected chi connectivity index (χ0v) is 21.1. The van der Waals surface area contributed by atoms with E-state index in [2.05, 4.69) is 65.6 Å². The SMILES string of the molecule is CCc1nc(CCNC(=NC)NC(C)c2cccc(N3CCCC3)c2)sc1C.I. The molecule has 2 aromatic rings. The molecule has 1 aromatic heterocycles. The van der Waals surface area contributed by atoms with Gasteiger partial charge in [-0.05, 0) is 50.8 Å². The molecule has 1 atom stereocenters. The first kappa shape index (κ1) is 23.9. The van der Waals surface area contributed by atoms with Crippen LogP contribution in [-0.2, 0) is 12.8 Å². The summed E-state index contributed by atoms with van der Waals surface area (Å²) in [4.78, 5) is 12.9. The molecule has 0 amide bonds. The van der Waals surface area contributed by atoms with Gasteiger partial charge in [0.15, 0.2) is 5.96 Å². The molecule has 1 aliphatic heterocycles. The molecular weight excluding hydrogens is 493 g/mol. The largest absolute Gasteiger partial charge is 0.372 e. The standard InChI is InChI=1S/C22H33N5S.HI/c1-5-20-17(3)28-21(26-20)11-12-24-22(23-4)25-16(2)18-9-8-10-19(15-18)27-13-6-7-14-27;/h8-10,15-16H,5-7,11-14H2,1-4H3,(H2,23,24,25);1H. The molecule has 0 saturated carbocycles. The van der Waals surface area contributed by atoms with Crippen molar-refractivity contribution in [1.82, 2.24) is 15.6 Å². The molecular formula is C22H34IN5S. The molecule has 0 spiro atoms.